The van der Waals surface area contributed by atoms with Crippen LogP contribution in [0.2, 0.25) is 0 Å². The fourth-order valence-corrected chi connectivity index (χ4v) is 4.12. The van der Waals surface area contributed by atoms with Crippen LogP contribution in [0.3, 0.4) is 0 Å². The van der Waals surface area contributed by atoms with E-state index in [4.69, 9.17) is 5.26 Å². The number of hydrogen-bond acceptors (Lipinski definition) is 4. The Labute approximate surface area is 206 Å². The maximum Gasteiger partial charge on any atom is 0.417 e. The van der Waals surface area contributed by atoms with Crippen LogP contribution in [-0.2, 0) is 17.5 Å². The molecule has 0 saturated carbocycles. The monoisotopic (exact) mass is 502 g/mol. The van der Waals surface area contributed by atoms with Gasteiger partial charge in [0.15, 0.2) is 0 Å². The topological polar surface area (TPSA) is 105 Å². The smallest absolute Gasteiger partial charge is 0.417 e. The first-order valence-corrected chi connectivity index (χ1v) is 10.9. The first-order chi connectivity index (χ1) is 16.5. The Hall–Kier alpha value is -4.07. The van der Waals surface area contributed by atoms with E-state index < -0.39 is 46.4 Å². The highest BCUT2D eigenvalue weighted by Crippen LogP contribution is 2.39. The van der Waals surface area contributed by atoms with Gasteiger partial charge in [-0.3, -0.25) is 9.69 Å². The van der Waals surface area contributed by atoms with E-state index in [2.05, 4.69) is 0 Å². The Morgan fingerprint density at radius 3 is 2.25 bits per heavy atom. The molecule has 3 rings (SSSR count). The minimum Gasteiger partial charge on any atom is -0.465 e. The summed E-state index contributed by atoms with van der Waals surface area (Å²) in [5.41, 5.74) is -3.75. The zero-order valence-corrected chi connectivity index (χ0v) is 20.3. The van der Waals surface area contributed by atoms with Crippen molar-refractivity contribution < 1.29 is 32.7 Å². The predicted octanol–water partition coefficient (Wildman–Crippen LogP) is 5.61. The van der Waals surface area contributed by atoms with Gasteiger partial charge in [-0.05, 0) is 64.4 Å². The number of nitrogens with zero attached hydrogens (tertiary/aromatic N) is 4. The molecular weight excluding hydrogens is 477 g/mol. The molecule has 0 radical (unpaired) electrons. The number of benzene rings is 2. The van der Waals surface area contributed by atoms with Crippen molar-refractivity contribution in [3.63, 3.8) is 0 Å². The fourth-order valence-electron chi connectivity index (χ4n) is 4.12. The lowest BCUT2D eigenvalue weighted by atomic mass is 10.00. The van der Waals surface area contributed by atoms with Crippen LogP contribution in [0, 0.1) is 11.3 Å². The van der Waals surface area contributed by atoms with Gasteiger partial charge in [0.05, 0.1) is 35.1 Å². The Morgan fingerprint density at radius 1 is 1.11 bits per heavy atom. The van der Waals surface area contributed by atoms with E-state index in [1.165, 1.54) is 24.8 Å². The van der Waals surface area contributed by atoms with Crippen LogP contribution < -0.4 is 9.80 Å². The first-order valence-electron chi connectivity index (χ1n) is 10.9. The van der Waals surface area contributed by atoms with E-state index >= 15 is 0 Å². The molecule has 0 atom stereocenters. The molecule has 0 unspecified atom stereocenters. The third-order valence-corrected chi connectivity index (χ3v) is 5.93. The Morgan fingerprint density at radius 2 is 1.72 bits per heavy atom. The molecular formula is C25H25F3N4O4. The van der Waals surface area contributed by atoms with Crippen molar-refractivity contribution in [2.24, 2.45) is 0 Å². The third kappa shape index (κ3) is 4.58. The third-order valence-electron chi connectivity index (χ3n) is 5.93. The van der Waals surface area contributed by atoms with Gasteiger partial charge in [-0.2, -0.15) is 18.4 Å². The van der Waals surface area contributed by atoms with Crippen LogP contribution in [-0.4, -0.2) is 39.1 Å². The number of halogens is 3. The van der Waals surface area contributed by atoms with Crippen molar-refractivity contribution in [3.8, 4) is 6.07 Å². The number of carboxylic acid groups (broad SMARTS) is 1. The summed E-state index contributed by atoms with van der Waals surface area (Å²) in [4.78, 5) is 41.7. The SMILES string of the molecule is CC(C)(C)N(C(=O)O)c1ccccc1CN1C(=O)N(c2ccc(C#N)c(C(F)(F)F)c2)C(=O)C1(C)C. The molecule has 0 aromatic heterocycles. The number of anilines is 2. The number of nitriles is 1. The highest BCUT2D eigenvalue weighted by Gasteiger charge is 2.52. The van der Waals surface area contributed by atoms with Crippen LogP contribution in [0.1, 0.15) is 51.3 Å². The lowest BCUT2D eigenvalue weighted by molar-refractivity contribution is -0.137. The summed E-state index contributed by atoms with van der Waals surface area (Å²) in [6, 6.07) is 9.74. The second kappa shape index (κ2) is 8.86. The van der Waals surface area contributed by atoms with Gasteiger partial charge >= 0.3 is 18.3 Å². The molecule has 0 bridgehead atoms. The van der Waals surface area contributed by atoms with E-state index in [0.717, 1.165) is 17.0 Å². The maximum atomic E-state index is 13.5. The van der Waals surface area contributed by atoms with Crippen molar-refractivity contribution in [1.29, 1.82) is 5.26 Å². The maximum absolute atomic E-state index is 13.5. The highest BCUT2D eigenvalue weighted by atomic mass is 19.4. The summed E-state index contributed by atoms with van der Waals surface area (Å²) < 4.78 is 40.5. The number of hydrogen-bond donors (Lipinski definition) is 1. The van der Waals surface area contributed by atoms with Gasteiger partial charge < -0.3 is 10.0 Å². The first kappa shape index (κ1) is 26.5. The fraction of sp³-hybridized carbons (Fsp3) is 0.360. The van der Waals surface area contributed by atoms with Crippen LogP contribution in [0.25, 0.3) is 0 Å². The van der Waals surface area contributed by atoms with Gasteiger partial charge in [-0.15, -0.1) is 0 Å². The van der Waals surface area contributed by atoms with Crippen molar-refractivity contribution in [2.75, 3.05) is 9.80 Å². The summed E-state index contributed by atoms with van der Waals surface area (Å²) in [7, 11) is 0. The van der Waals surface area contributed by atoms with Gasteiger partial charge in [0, 0.05) is 5.54 Å². The second-order valence-corrected chi connectivity index (χ2v) is 9.83. The average Bonchev–Trinajstić information content (AvgIpc) is 2.92. The molecule has 2 aromatic carbocycles. The van der Waals surface area contributed by atoms with Crippen LogP contribution in [0.5, 0.6) is 0 Å². The molecule has 1 aliphatic rings. The van der Waals surface area contributed by atoms with E-state index in [-0.39, 0.29) is 12.2 Å². The summed E-state index contributed by atoms with van der Waals surface area (Å²) in [6.45, 7) is 7.87. The molecule has 2 aromatic rings. The molecule has 1 aliphatic heterocycles. The lowest BCUT2D eigenvalue weighted by Gasteiger charge is -2.36. The minimum atomic E-state index is -4.87. The molecule has 1 fully saturated rings. The van der Waals surface area contributed by atoms with Crippen molar-refractivity contribution in [1.82, 2.24) is 4.90 Å². The van der Waals surface area contributed by atoms with Gasteiger partial charge in [0.1, 0.15) is 5.54 Å². The Bertz CT molecular complexity index is 1280. The van der Waals surface area contributed by atoms with E-state index in [9.17, 15) is 32.7 Å². The number of amides is 4. The predicted molar refractivity (Wildman–Crippen MR) is 125 cm³/mol. The van der Waals surface area contributed by atoms with Gasteiger partial charge in [0.2, 0.25) is 0 Å². The van der Waals surface area contributed by atoms with E-state index in [0.29, 0.717) is 22.2 Å². The van der Waals surface area contributed by atoms with Crippen molar-refractivity contribution in [2.45, 2.75) is 58.4 Å². The van der Waals surface area contributed by atoms with Gasteiger partial charge in [-0.1, -0.05) is 18.2 Å². The molecule has 1 heterocycles. The van der Waals surface area contributed by atoms with Gasteiger partial charge in [-0.25, -0.2) is 14.5 Å². The number of carbonyl (C=O) groups excluding carboxylic acids is 2. The number of para-hydroxylation sites is 1. The molecule has 1 saturated heterocycles. The molecule has 8 nitrogen and oxygen atoms in total. The zero-order valence-electron chi connectivity index (χ0n) is 20.3. The number of alkyl halides is 3. The van der Waals surface area contributed by atoms with Gasteiger partial charge in [0.25, 0.3) is 5.91 Å². The normalized spacial score (nSPS) is 15.8. The van der Waals surface area contributed by atoms with E-state index in [1.807, 2.05) is 0 Å². The number of urea groups is 1. The van der Waals surface area contributed by atoms with Crippen LogP contribution in [0.4, 0.5) is 34.1 Å². The minimum absolute atomic E-state index is 0.174. The quantitative estimate of drug-likeness (QED) is 0.548. The number of imide groups is 1. The van der Waals surface area contributed by atoms with Crippen molar-refractivity contribution in [3.05, 3.63) is 59.2 Å². The summed E-state index contributed by atoms with van der Waals surface area (Å²) >= 11 is 0. The second-order valence-electron chi connectivity index (χ2n) is 9.83. The van der Waals surface area contributed by atoms with Crippen LogP contribution in [0.15, 0.2) is 42.5 Å². The standard InChI is InChI=1S/C25H25F3N4O4/c1-23(2,3)32(22(35)36)19-9-7-6-8-16(19)14-30-21(34)31(20(33)24(30,4)5)17-11-10-15(13-29)18(12-17)25(26,27)28/h6-12H,14H2,1-5H3,(H,35,36). The summed E-state index contributed by atoms with van der Waals surface area (Å²) in [5, 5.41) is 18.9. The molecule has 0 aliphatic carbocycles. The number of carbonyl (C=O) groups is 3. The lowest BCUT2D eigenvalue weighted by Crippen LogP contribution is -2.47. The van der Waals surface area contributed by atoms with E-state index in [1.54, 1.807) is 45.0 Å². The Balaban J connectivity index is 2.07. The zero-order chi connectivity index (χ0) is 27.2. The van der Waals surface area contributed by atoms with Crippen LogP contribution >= 0.6 is 0 Å². The molecule has 1 N–H and O–H groups in total. The van der Waals surface area contributed by atoms with Crippen molar-refractivity contribution >= 4 is 29.4 Å². The summed E-state index contributed by atoms with van der Waals surface area (Å²) in [6.07, 6.45) is -6.08. The molecule has 11 heteroatoms. The average molecular weight is 502 g/mol. The molecule has 36 heavy (non-hydrogen) atoms. The number of rotatable bonds is 4. The Kier molecular flexibility index (Phi) is 6.53. The molecule has 0 spiro atoms. The molecule has 4 amide bonds. The molecule has 190 valence electrons. The highest BCUT2D eigenvalue weighted by molar-refractivity contribution is 6.23. The largest absolute Gasteiger partial charge is 0.465 e. The summed E-state index contributed by atoms with van der Waals surface area (Å²) in [5.74, 6) is -0.756.